The third-order valence-electron chi connectivity index (χ3n) is 3.22. The molecule has 0 spiro atoms. The fourth-order valence-corrected chi connectivity index (χ4v) is 2.48. The van der Waals surface area contributed by atoms with Crippen LogP contribution in [0.25, 0.3) is 0 Å². The third-order valence-corrected chi connectivity index (χ3v) is 3.51. The van der Waals surface area contributed by atoms with Crippen LogP contribution in [0, 0.1) is 0 Å². The summed E-state index contributed by atoms with van der Waals surface area (Å²) < 4.78 is 24.4. The Morgan fingerprint density at radius 3 is 3.00 bits per heavy atom. The van der Waals surface area contributed by atoms with Crippen molar-refractivity contribution < 1.29 is 8.78 Å². The topological polar surface area (TPSA) is 52.6 Å². The number of hydrogen-bond acceptors (Lipinski definition) is 3. The van der Waals surface area contributed by atoms with Crippen LogP contribution in [-0.2, 0) is 0 Å². The van der Waals surface area contributed by atoms with Crippen molar-refractivity contribution in [2.24, 2.45) is 4.99 Å². The van der Waals surface area contributed by atoms with Gasteiger partial charge in [0.1, 0.15) is 5.82 Å². The Bertz CT molecular complexity index is 503. The van der Waals surface area contributed by atoms with Gasteiger partial charge in [-0.1, -0.05) is 11.6 Å². The van der Waals surface area contributed by atoms with Crippen molar-refractivity contribution in [3.8, 4) is 0 Å². The molecule has 0 aliphatic carbocycles. The van der Waals surface area contributed by atoms with Crippen molar-refractivity contribution in [3.05, 3.63) is 23.4 Å². The SMILES string of the molecule is CN=C(NCC(F)F)NC1CCN(c2ncccc2Cl)C1.I. The lowest BCUT2D eigenvalue weighted by molar-refractivity contribution is 0.152. The summed E-state index contributed by atoms with van der Waals surface area (Å²) in [6.45, 7) is 1.09. The van der Waals surface area contributed by atoms with Gasteiger partial charge in [0.15, 0.2) is 5.96 Å². The van der Waals surface area contributed by atoms with Crippen molar-refractivity contribution in [2.75, 3.05) is 31.6 Å². The molecule has 1 fully saturated rings. The van der Waals surface area contributed by atoms with Gasteiger partial charge in [-0.25, -0.2) is 13.8 Å². The van der Waals surface area contributed by atoms with E-state index < -0.39 is 13.0 Å². The van der Waals surface area contributed by atoms with Gasteiger partial charge < -0.3 is 15.5 Å². The summed E-state index contributed by atoms with van der Waals surface area (Å²) in [6.07, 6.45) is 0.156. The monoisotopic (exact) mass is 445 g/mol. The molecule has 2 N–H and O–H groups in total. The smallest absolute Gasteiger partial charge is 0.255 e. The molecule has 1 saturated heterocycles. The molecule has 1 aliphatic heterocycles. The molecule has 1 atom stereocenters. The van der Waals surface area contributed by atoms with Gasteiger partial charge in [0.25, 0.3) is 6.43 Å². The molecule has 1 aliphatic rings. The number of nitrogens with zero attached hydrogens (tertiary/aromatic N) is 3. The second-order valence-corrected chi connectivity index (χ2v) is 5.14. The standard InChI is InChI=1S/C13H18ClF2N5.HI/c1-17-13(19-7-11(15)16)20-9-4-6-21(8-9)12-10(14)3-2-5-18-12;/h2-3,5,9,11H,4,6-8H2,1H3,(H2,17,19,20);1H. The van der Waals surface area contributed by atoms with E-state index in [0.29, 0.717) is 17.5 Å². The minimum atomic E-state index is -2.41. The maximum atomic E-state index is 12.2. The van der Waals surface area contributed by atoms with E-state index in [-0.39, 0.29) is 30.0 Å². The third kappa shape index (κ3) is 5.38. The summed E-state index contributed by atoms with van der Waals surface area (Å²) in [5, 5.41) is 6.33. The van der Waals surface area contributed by atoms with Crippen molar-refractivity contribution in [1.29, 1.82) is 0 Å². The summed E-state index contributed by atoms with van der Waals surface area (Å²) in [5.74, 6) is 1.13. The second kappa shape index (κ2) is 9.29. The fraction of sp³-hybridized carbons (Fsp3) is 0.538. The number of nitrogens with one attached hydrogen (secondary N) is 2. The van der Waals surface area contributed by atoms with Crippen LogP contribution in [0.15, 0.2) is 23.3 Å². The Morgan fingerprint density at radius 2 is 2.36 bits per heavy atom. The minimum Gasteiger partial charge on any atom is -0.353 e. The number of hydrogen-bond donors (Lipinski definition) is 2. The molecule has 1 aromatic rings. The average Bonchev–Trinajstić information content (AvgIpc) is 2.92. The highest BCUT2D eigenvalue weighted by atomic mass is 127. The van der Waals surface area contributed by atoms with Crippen LogP contribution in [0.5, 0.6) is 0 Å². The molecular weight excluding hydrogens is 427 g/mol. The van der Waals surface area contributed by atoms with Crippen LogP contribution in [-0.4, -0.2) is 50.1 Å². The molecule has 1 aromatic heterocycles. The molecule has 0 saturated carbocycles. The van der Waals surface area contributed by atoms with Crippen LogP contribution in [0.1, 0.15) is 6.42 Å². The highest BCUT2D eigenvalue weighted by Gasteiger charge is 2.25. The Morgan fingerprint density at radius 1 is 1.59 bits per heavy atom. The van der Waals surface area contributed by atoms with Crippen molar-refractivity contribution >= 4 is 47.4 Å². The largest absolute Gasteiger partial charge is 0.353 e. The lowest BCUT2D eigenvalue weighted by Gasteiger charge is -2.20. The first kappa shape index (κ1) is 19.1. The second-order valence-electron chi connectivity index (χ2n) is 4.73. The molecule has 2 heterocycles. The highest BCUT2D eigenvalue weighted by molar-refractivity contribution is 14.0. The number of guanidine groups is 1. The Hall–Kier alpha value is -0.900. The summed E-state index contributed by atoms with van der Waals surface area (Å²) >= 11 is 6.13. The summed E-state index contributed by atoms with van der Waals surface area (Å²) in [5.41, 5.74) is 0. The first-order valence-electron chi connectivity index (χ1n) is 6.71. The van der Waals surface area contributed by atoms with Gasteiger partial charge >= 0.3 is 0 Å². The van der Waals surface area contributed by atoms with E-state index in [9.17, 15) is 8.78 Å². The van der Waals surface area contributed by atoms with E-state index in [1.54, 1.807) is 25.4 Å². The molecule has 9 heteroatoms. The predicted molar refractivity (Wildman–Crippen MR) is 95.8 cm³/mol. The molecule has 0 amide bonds. The summed E-state index contributed by atoms with van der Waals surface area (Å²) in [6, 6.07) is 3.70. The molecule has 0 bridgehead atoms. The van der Waals surface area contributed by atoms with Crippen LogP contribution < -0.4 is 15.5 Å². The van der Waals surface area contributed by atoms with Gasteiger partial charge in [-0.2, -0.15) is 0 Å². The lowest BCUT2D eigenvalue weighted by Crippen LogP contribution is -2.45. The number of halogens is 4. The fourth-order valence-electron chi connectivity index (χ4n) is 2.24. The maximum Gasteiger partial charge on any atom is 0.255 e. The number of aliphatic imine (C=N–C) groups is 1. The van der Waals surface area contributed by atoms with E-state index in [0.717, 1.165) is 18.8 Å². The Kier molecular flexibility index (Phi) is 8.08. The van der Waals surface area contributed by atoms with Gasteiger partial charge in [-0.15, -0.1) is 24.0 Å². The summed E-state index contributed by atoms with van der Waals surface area (Å²) in [4.78, 5) is 10.3. The number of anilines is 1. The zero-order chi connectivity index (χ0) is 15.2. The van der Waals surface area contributed by atoms with Gasteiger partial charge in [-0.05, 0) is 18.6 Å². The van der Waals surface area contributed by atoms with Crippen LogP contribution in [0.2, 0.25) is 5.02 Å². The number of aromatic nitrogens is 1. The Labute approximate surface area is 150 Å². The van der Waals surface area contributed by atoms with E-state index in [4.69, 9.17) is 11.6 Å². The van der Waals surface area contributed by atoms with Crippen molar-refractivity contribution in [3.63, 3.8) is 0 Å². The van der Waals surface area contributed by atoms with E-state index in [2.05, 4.69) is 25.5 Å². The van der Waals surface area contributed by atoms with Crippen molar-refractivity contribution in [1.82, 2.24) is 15.6 Å². The van der Waals surface area contributed by atoms with Gasteiger partial charge in [0.2, 0.25) is 0 Å². The minimum absolute atomic E-state index is 0. The normalized spacial score (nSPS) is 18.3. The maximum absolute atomic E-state index is 12.2. The first-order chi connectivity index (χ1) is 10.1. The summed E-state index contributed by atoms with van der Waals surface area (Å²) in [7, 11) is 1.56. The van der Waals surface area contributed by atoms with Crippen LogP contribution in [0.3, 0.4) is 0 Å². The number of pyridine rings is 1. The first-order valence-corrected chi connectivity index (χ1v) is 7.08. The van der Waals surface area contributed by atoms with Crippen LogP contribution >= 0.6 is 35.6 Å². The van der Waals surface area contributed by atoms with E-state index >= 15 is 0 Å². The number of alkyl halides is 2. The average molecular weight is 446 g/mol. The molecule has 2 rings (SSSR count). The Balaban J connectivity index is 0.00000242. The van der Waals surface area contributed by atoms with Crippen LogP contribution in [0.4, 0.5) is 14.6 Å². The molecule has 5 nitrogen and oxygen atoms in total. The predicted octanol–water partition coefficient (Wildman–Crippen LogP) is 2.36. The zero-order valence-corrected chi connectivity index (χ0v) is 15.2. The molecule has 22 heavy (non-hydrogen) atoms. The van der Waals surface area contributed by atoms with Gasteiger partial charge in [0.05, 0.1) is 11.6 Å². The molecule has 124 valence electrons. The quantitative estimate of drug-likeness (QED) is 0.424. The molecule has 0 radical (unpaired) electrons. The molecule has 0 aromatic carbocycles. The molecular formula is C13H19ClF2IN5. The van der Waals surface area contributed by atoms with Gasteiger partial charge in [-0.3, -0.25) is 4.99 Å². The van der Waals surface area contributed by atoms with Gasteiger partial charge in [0, 0.05) is 32.4 Å². The van der Waals surface area contributed by atoms with E-state index in [1.165, 1.54) is 0 Å². The van der Waals surface area contributed by atoms with Crippen molar-refractivity contribution in [2.45, 2.75) is 18.9 Å². The molecule has 1 unspecified atom stereocenters. The van der Waals surface area contributed by atoms with E-state index in [1.807, 2.05) is 0 Å². The number of rotatable bonds is 4. The zero-order valence-electron chi connectivity index (χ0n) is 12.1. The highest BCUT2D eigenvalue weighted by Crippen LogP contribution is 2.25. The lowest BCUT2D eigenvalue weighted by atomic mass is 10.3.